The Morgan fingerprint density at radius 1 is 1.07 bits per heavy atom. The van der Waals surface area contributed by atoms with E-state index in [2.05, 4.69) is 5.32 Å². The van der Waals surface area contributed by atoms with Crippen molar-refractivity contribution in [3.8, 4) is 5.75 Å². The normalized spacial score (nSPS) is 12.2. The number of methoxy groups -OCH3 is 1. The topological polar surface area (TPSA) is 64.6 Å². The molecule has 5 heteroatoms. The second-order valence-corrected chi connectivity index (χ2v) is 7.40. The van der Waals surface area contributed by atoms with E-state index in [4.69, 9.17) is 9.47 Å². The Kier molecular flexibility index (Phi) is 6.61. The van der Waals surface area contributed by atoms with Gasteiger partial charge in [-0.05, 0) is 57.4 Å². The predicted molar refractivity (Wildman–Crippen MR) is 105 cm³/mol. The number of hydrogen-bond acceptors (Lipinski definition) is 4. The fourth-order valence-corrected chi connectivity index (χ4v) is 2.78. The Bertz CT molecular complexity index is 794. The smallest absolute Gasteiger partial charge is 0.408 e. The molecule has 0 heterocycles. The number of benzene rings is 2. The SMILES string of the molecule is COc1cc(CC(NC(=O)OC(C)(C)C)c2ccccc2)ccc1C(C)=O. The average molecular weight is 369 g/mol. The second kappa shape index (κ2) is 8.71. The molecule has 2 aromatic carbocycles. The molecule has 0 fully saturated rings. The number of amides is 1. The van der Waals surface area contributed by atoms with Gasteiger partial charge in [-0.25, -0.2) is 4.79 Å². The third kappa shape index (κ3) is 6.13. The lowest BCUT2D eigenvalue weighted by Crippen LogP contribution is -2.35. The molecular formula is C22H27NO4. The Balaban J connectivity index is 2.27. The molecule has 0 aliphatic rings. The lowest BCUT2D eigenvalue weighted by molar-refractivity contribution is 0.0503. The number of hydrogen-bond donors (Lipinski definition) is 1. The van der Waals surface area contributed by atoms with Crippen molar-refractivity contribution in [1.29, 1.82) is 0 Å². The predicted octanol–water partition coefficient (Wildman–Crippen LogP) is 4.71. The standard InChI is InChI=1S/C22H27NO4/c1-15(24)18-12-11-16(14-20(18)26-5)13-19(17-9-7-6-8-10-17)23-21(25)27-22(2,3)4/h6-12,14,19H,13H2,1-5H3,(H,23,25). The molecule has 0 saturated heterocycles. The molecule has 0 spiro atoms. The first kappa shape index (κ1) is 20.5. The molecule has 5 nitrogen and oxygen atoms in total. The zero-order chi connectivity index (χ0) is 20.0. The summed E-state index contributed by atoms with van der Waals surface area (Å²) in [5, 5.41) is 2.94. The molecule has 2 aromatic rings. The zero-order valence-electron chi connectivity index (χ0n) is 16.5. The van der Waals surface area contributed by atoms with Gasteiger partial charge in [-0.15, -0.1) is 0 Å². The Labute approximate surface area is 160 Å². The summed E-state index contributed by atoms with van der Waals surface area (Å²) in [4.78, 5) is 24.0. The molecule has 1 amide bonds. The largest absolute Gasteiger partial charge is 0.496 e. The Morgan fingerprint density at radius 2 is 1.74 bits per heavy atom. The van der Waals surface area contributed by atoms with Gasteiger partial charge in [0.2, 0.25) is 0 Å². The van der Waals surface area contributed by atoms with Crippen molar-refractivity contribution in [3.63, 3.8) is 0 Å². The van der Waals surface area contributed by atoms with E-state index >= 15 is 0 Å². The lowest BCUT2D eigenvalue weighted by atomic mass is 9.97. The number of Topliss-reactive ketones (excluding diaryl/α,β-unsaturated/α-hetero) is 1. The minimum Gasteiger partial charge on any atom is -0.496 e. The van der Waals surface area contributed by atoms with Crippen LogP contribution in [0.1, 0.15) is 55.2 Å². The van der Waals surface area contributed by atoms with Crippen molar-refractivity contribution >= 4 is 11.9 Å². The van der Waals surface area contributed by atoms with Crippen LogP contribution < -0.4 is 10.1 Å². The van der Waals surface area contributed by atoms with Crippen LogP contribution in [0.15, 0.2) is 48.5 Å². The van der Waals surface area contributed by atoms with Crippen LogP contribution in [0.2, 0.25) is 0 Å². The number of carbonyl (C=O) groups is 2. The van der Waals surface area contributed by atoms with Crippen molar-refractivity contribution < 1.29 is 19.1 Å². The molecular weight excluding hydrogens is 342 g/mol. The third-order valence-corrected chi connectivity index (χ3v) is 3.98. The molecule has 1 unspecified atom stereocenters. The van der Waals surface area contributed by atoms with Crippen LogP contribution in [-0.2, 0) is 11.2 Å². The molecule has 1 N–H and O–H groups in total. The first-order valence-corrected chi connectivity index (χ1v) is 8.92. The van der Waals surface area contributed by atoms with Gasteiger partial charge in [0.1, 0.15) is 11.4 Å². The van der Waals surface area contributed by atoms with Crippen molar-refractivity contribution in [2.75, 3.05) is 7.11 Å². The molecule has 0 aliphatic heterocycles. The van der Waals surface area contributed by atoms with Crippen LogP contribution in [0, 0.1) is 0 Å². The molecule has 2 rings (SSSR count). The summed E-state index contributed by atoms with van der Waals surface area (Å²) < 4.78 is 10.8. The van der Waals surface area contributed by atoms with Gasteiger partial charge in [-0.3, -0.25) is 4.79 Å². The number of rotatable bonds is 6. The minimum atomic E-state index is -0.572. The van der Waals surface area contributed by atoms with Crippen molar-refractivity contribution in [2.45, 2.75) is 45.8 Å². The van der Waals surface area contributed by atoms with Crippen LogP contribution in [0.4, 0.5) is 4.79 Å². The number of alkyl carbamates (subject to hydrolysis) is 1. The van der Waals surface area contributed by atoms with E-state index < -0.39 is 11.7 Å². The van der Waals surface area contributed by atoms with E-state index in [1.807, 2.05) is 63.2 Å². The van der Waals surface area contributed by atoms with Gasteiger partial charge < -0.3 is 14.8 Å². The Morgan fingerprint density at radius 3 is 2.30 bits per heavy atom. The summed E-state index contributed by atoms with van der Waals surface area (Å²) in [6, 6.07) is 14.9. The summed E-state index contributed by atoms with van der Waals surface area (Å²) in [6.07, 6.45) is 0.0707. The van der Waals surface area contributed by atoms with Crippen molar-refractivity contribution in [3.05, 3.63) is 65.2 Å². The molecule has 0 radical (unpaired) electrons. The van der Waals surface area contributed by atoms with Gasteiger partial charge in [0.15, 0.2) is 5.78 Å². The van der Waals surface area contributed by atoms with Gasteiger partial charge in [0, 0.05) is 0 Å². The Hall–Kier alpha value is -2.82. The maximum Gasteiger partial charge on any atom is 0.408 e. The second-order valence-electron chi connectivity index (χ2n) is 7.40. The van der Waals surface area contributed by atoms with E-state index in [0.717, 1.165) is 11.1 Å². The van der Waals surface area contributed by atoms with E-state index in [-0.39, 0.29) is 11.8 Å². The molecule has 144 valence electrons. The van der Waals surface area contributed by atoms with Crippen molar-refractivity contribution in [1.82, 2.24) is 5.32 Å². The van der Waals surface area contributed by atoms with Crippen LogP contribution in [-0.4, -0.2) is 24.6 Å². The first-order valence-electron chi connectivity index (χ1n) is 8.92. The maximum absolute atomic E-state index is 12.3. The molecule has 0 saturated carbocycles. The number of nitrogens with one attached hydrogen (secondary N) is 1. The monoisotopic (exact) mass is 369 g/mol. The lowest BCUT2D eigenvalue weighted by Gasteiger charge is -2.24. The van der Waals surface area contributed by atoms with Gasteiger partial charge >= 0.3 is 6.09 Å². The van der Waals surface area contributed by atoms with Crippen LogP contribution in [0.25, 0.3) is 0 Å². The highest BCUT2D eigenvalue weighted by atomic mass is 16.6. The van der Waals surface area contributed by atoms with Crippen molar-refractivity contribution in [2.24, 2.45) is 0 Å². The third-order valence-electron chi connectivity index (χ3n) is 3.98. The van der Waals surface area contributed by atoms with Gasteiger partial charge in [0.05, 0.1) is 18.7 Å². The van der Waals surface area contributed by atoms with Crippen LogP contribution >= 0.6 is 0 Å². The highest BCUT2D eigenvalue weighted by Gasteiger charge is 2.21. The van der Waals surface area contributed by atoms with Crippen LogP contribution in [0.5, 0.6) is 5.75 Å². The van der Waals surface area contributed by atoms with Gasteiger partial charge in [-0.2, -0.15) is 0 Å². The summed E-state index contributed by atoms with van der Waals surface area (Å²) in [5.41, 5.74) is 1.88. The number of ether oxygens (including phenoxy) is 2. The van der Waals surface area contributed by atoms with Gasteiger partial charge in [-0.1, -0.05) is 36.4 Å². The minimum absolute atomic E-state index is 0.0510. The van der Waals surface area contributed by atoms with Gasteiger partial charge in [0.25, 0.3) is 0 Å². The summed E-state index contributed by atoms with van der Waals surface area (Å²) in [6.45, 7) is 6.99. The van der Waals surface area contributed by atoms with E-state index in [0.29, 0.717) is 17.7 Å². The average Bonchev–Trinajstić information content (AvgIpc) is 2.60. The van der Waals surface area contributed by atoms with E-state index in [9.17, 15) is 9.59 Å². The summed E-state index contributed by atoms with van der Waals surface area (Å²) in [5.74, 6) is 0.481. The fraction of sp³-hybridized carbons (Fsp3) is 0.364. The number of ketones is 1. The zero-order valence-corrected chi connectivity index (χ0v) is 16.5. The fourth-order valence-electron chi connectivity index (χ4n) is 2.78. The molecule has 0 aliphatic carbocycles. The molecule has 0 aromatic heterocycles. The van der Waals surface area contributed by atoms with Crippen LogP contribution in [0.3, 0.4) is 0 Å². The molecule has 27 heavy (non-hydrogen) atoms. The summed E-state index contributed by atoms with van der Waals surface area (Å²) >= 11 is 0. The quantitative estimate of drug-likeness (QED) is 0.749. The highest BCUT2D eigenvalue weighted by Crippen LogP contribution is 2.25. The number of carbonyl (C=O) groups excluding carboxylic acids is 2. The summed E-state index contributed by atoms with van der Waals surface area (Å²) in [7, 11) is 1.54. The first-order chi connectivity index (χ1) is 12.7. The van der Waals surface area contributed by atoms with E-state index in [1.54, 1.807) is 13.2 Å². The highest BCUT2D eigenvalue weighted by molar-refractivity contribution is 5.96. The maximum atomic E-state index is 12.3. The van der Waals surface area contributed by atoms with E-state index in [1.165, 1.54) is 6.92 Å². The molecule has 0 bridgehead atoms. The molecule has 1 atom stereocenters.